The molecule has 1 rings (SSSR count). The van der Waals surface area contributed by atoms with E-state index in [2.05, 4.69) is 80.8 Å². The maximum atomic E-state index is 13.4. The van der Waals surface area contributed by atoms with Gasteiger partial charge in [-0.3, -0.25) is 9.59 Å². The van der Waals surface area contributed by atoms with E-state index in [1.807, 2.05) is 60.8 Å². The third-order valence-electron chi connectivity index (χ3n) is 13.0. The van der Waals surface area contributed by atoms with Crippen LogP contribution in [0, 0.1) is 0 Å². The lowest BCUT2D eigenvalue weighted by Crippen LogP contribution is -2.61. The SMILES string of the molecule is CC/C=C/C=C/C=C\C=C/C=C/CCCC(=O)OC1C(OCC(NC(=O)C(O)CCCCCCCC/C=C\C/C=C\C/C=C\C/C=C\CCCCC)C(O)/C=C/CCCCCCCCCCC)OC(CO)C(O)C1O. The van der Waals surface area contributed by atoms with Gasteiger partial charge in [0, 0.05) is 6.42 Å². The van der Waals surface area contributed by atoms with Crippen molar-refractivity contribution >= 4 is 11.9 Å². The van der Waals surface area contributed by atoms with E-state index in [0.717, 1.165) is 89.9 Å². The first-order valence-electron chi connectivity index (χ1n) is 29.4. The fraction of sp³-hybridized carbons (Fsp3) is 0.656. The average molecular weight is 1050 g/mol. The van der Waals surface area contributed by atoms with Crippen LogP contribution in [-0.4, -0.2) is 99.6 Å². The third-order valence-corrected chi connectivity index (χ3v) is 13.0. The van der Waals surface area contributed by atoms with Crippen molar-refractivity contribution in [3.8, 4) is 0 Å². The fourth-order valence-corrected chi connectivity index (χ4v) is 8.31. The van der Waals surface area contributed by atoms with E-state index in [0.29, 0.717) is 19.3 Å². The van der Waals surface area contributed by atoms with E-state index in [1.165, 1.54) is 64.2 Å². The Hall–Kier alpha value is -3.94. The highest BCUT2D eigenvalue weighted by Gasteiger charge is 2.47. The largest absolute Gasteiger partial charge is 0.454 e. The second-order valence-corrected chi connectivity index (χ2v) is 19.8. The third kappa shape index (κ3) is 39.1. The Bertz CT molecular complexity index is 1680. The maximum Gasteiger partial charge on any atom is 0.306 e. The first-order valence-corrected chi connectivity index (χ1v) is 29.4. The van der Waals surface area contributed by atoms with Gasteiger partial charge in [-0.2, -0.15) is 0 Å². The van der Waals surface area contributed by atoms with Crippen molar-refractivity contribution in [2.24, 2.45) is 0 Å². The monoisotopic (exact) mass is 1050 g/mol. The van der Waals surface area contributed by atoms with E-state index in [-0.39, 0.29) is 19.4 Å². The lowest BCUT2D eigenvalue weighted by molar-refractivity contribution is -0.305. The minimum absolute atomic E-state index is 0.0191. The second-order valence-electron chi connectivity index (χ2n) is 19.8. The summed E-state index contributed by atoms with van der Waals surface area (Å²) in [5.41, 5.74) is 0. The molecule has 11 heteroatoms. The van der Waals surface area contributed by atoms with Crippen molar-refractivity contribution in [3.63, 3.8) is 0 Å². The van der Waals surface area contributed by atoms with Crippen molar-refractivity contribution in [1.29, 1.82) is 0 Å². The highest BCUT2D eigenvalue weighted by atomic mass is 16.7. The second kappa shape index (κ2) is 50.9. The zero-order chi connectivity index (χ0) is 54.7. The zero-order valence-electron chi connectivity index (χ0n) is 46.9. The highest BCUT2D eigenvalue weighted by molar-refractivity contribution is 5.80. The van der Waals surface area contributed by atoms with E-state index < -0.39 is 67.4 Å². The molecule has 0 aromatic rings. The van der Waals surface area contributed by atoms with Gasteiger partial charge in [-0.05, 0) is 83.5 Å². The molecular formula is C64H105NO10. The predicted molar refractivity (Wildman–Crippen MR) is 310 cm³/mol. The molecule has 0 bridgehead atoms. The maximum absolute atomic E-state index is 13.4. The van der Waals surface area contributed by atoms with Crippen molar-refractivity contribution in [1.82, 2.24) is 5.32 Å². The molecule has 0 saturated carbocycles. The van der Waals surface area contributed by atoms with Crippen molar-refractivity contribution in [3.05, 3.63) is 122 Å². The van der Waals surface area contributed by atoms with Gasteiger partial charge in [0.2, 0.25) is 5.91 Å². The Morgan fingerprint density at radius 3 is 1.57 bits per heavy atom. The summed E-state index contributed by atoms with van der Waals surface area (Å²) in [5, 5.41) is 56.8. The van der Waals surface area contributed by atoms with Crippen LogP contribution >= 0.6 is 0 Å². The van der Waals surface area contributed by atoms with E-state index >= 15 is 0 Å². The molecule has 0 aromatic carbocycles. The molecule has 8 unspecified atom stereocenters. The summed E-state index contributed by atoms with van der Waals surface area (Å²) in [6, 6.07) is -1.05. The number of ether oxygens (including phenoxy) is 3. The van der Waals surface area contributed by atoms with E-state index in [9.17, 15) is 35.1 Å². The molecule has 11 nitrogen and oxygen atoms in total. The Morgan fingerprint density at radius 2 is 1.01 bits per heavy atom. The van der Waals surface area contributed by atoms with Crippen LogP contribution in [0.1, 0.15) is 207 Å². The highest BCUT2D eigenvalue weighted by Crippen LogP contribution is 2.26. The molecular weight excluding hydrogens is 943 g/mol. The molecule has 1 aliphatic heterocycles. The summed E-state index contributed by atoms with van der Waals surface area (Å²) < 4.78 is 17.5. The quantitative estimate of drug-likeness (QED) is 0.0149. The van der Waals surface area contributed by atoms with Crippen LogP contribution in [0.15, 0.2) is 122 Å². The van der Waals surface area contributed by atoms with Gasteiger partial charge in [0.1, 0.15) is 24.4 Å². The number of carbonyl (C=O) groups excluding carboxylic acids is 2. The summed E-state index contributed by atoms with van der Waals surface area (Å²) in [6.07, 6.45) is 59.7. The Balaban J connectivity index is 2.72. The summed E-state index contributed by atoms with van der Waals surface area (Å²) in [5.74, 6) is -1.30. The van der Waals surface area contributed by atoms with Crippen LogP contribution < -0.4 is 5.32 Å². The summed E-state index contributed by atoms with van der Waals surface area (Å²) in [4.78, 5) is 26.4. The lowest BCUT2D eigenvalue weighted by atomic mass is 9.99. The first kappa shape index (κ1) is 69.1. The molecule has 8 atom stereocenters. The molecule has 426 valence electrons. The van der Waals surface area contributed by atoms with Crippen LogP contribution in [0.2, 0.25) is 0 Å². The number of hydrogen-bond donors (Lipinski definition) is 6. The number of hydrogen-bond acceptors (Lipinski definition) is 10. The molecule has 0 aromatic heterocycles. The normalized spacial score (nSPS) is 20.1. The van der Waals surface area contributed by atoms with Gasteiger partial charge < -0.3 is 45.1 Å². The molecule has 0 radical (unpaired) electrons. The molecule has 1 saturated heterocycles. The number of amides is 1. The molecule has 1 amide bonds. The van der Waals surface area contributed by atoms with Crippen LogP contribution in [0.5, 0.6) is 0 Å². The summed E-state index contributed by atoms with van der Waals surface area (Å²) in [6.45, 7) is 5.53. The molecule has 1 fully saturated rings. The lowest BCUT2D eigenvalue weighted by Gasteiger charge is -2.41. The molecule has 6 N–H and O–H groups in total. The van der Waals surface area contributed by atoms with Crippen LogP contribution in [0.25, 0.3) is 0 Å². The van der Waals surface area contributed by atoms with Crippen molar-refractivity contribution < 1.29 is 49.3 Å². The minimum atomic E-state index is -1.65. The summed E-state index contributed by atoms with van der Waals surface area (Å²) >= 11 is 0. The number of aliphatic hydroxyl groups is 5. The fourth-order valence-electron chi connectivity index (χ4n) is 8.31. The number of rotatable bonds is 47. The number of allylic oxidation sites excluding steroid dienone is 19. The van der Waals surface area contributed by atoms with Crippen molar-refractivity contribution in [2.45, 2.75) is 256 Å². The number of aliphatic hydroxyl groups excluding tert-OH is 5. The average Bonchev–Trinajstić information content (AvgIpc) is 3.41. The van der Waals surface area contributed by atoms with Crippen molar-refractivity contribution in [2.75, 3.05) is 13.2 Å². The smallest absolute Gasteiger partial charge is 0.306 e. The van der Waals surface area contributed by atoms with Gasteiger partial charge in [0.05, 0.1) is 25.4 Å². The molecule has 1 aliphatic rings. The van der Waals surface area contributed by atoms with Crippen LogP contribution in [0.4, 0.5) is 0 Å². The Labute approximate surface area is 455 Å². The molecule has 0 aliphatic carbocycles. The van der Waals surface area contributed by atoms with E-state index in [4.69, 9.17) is 14.2 Å². The summed E-state index contributed by atoms with van der Waals surface area (Å²) in [7, 11) is 0. The van der Waals surface area contributed by atoms with Gasteiger partial charge in [0.15, 0.2) is 12.4 Å². The number of unbranched alkanes of at least 4 members (excludes halogenated alkanes) is 19. The standard InChI is InChI=1S/C64H105NO10/c1-4-7-10-13-16-19-22-24-25-26-27-28-29-30-31-32-34-36-39-42-45-48-51-57(68)63(72)65-55(56(67)50-47-44-41-38-35-21-18-15-12-9-6-3)54-73-64-62(61(71)60(70)58(53-66)74-64)75-59(69)52-49-46-43-40-37-33-23-20-17-14-11-8-5-2/h8,11,14,16-17,19-20,23-25,27-28,30-31,33,37,40,43,47,50,55-58,60-62,64,66-68,70-71H,4-7,9-10,12-13,15,18,21-22,26,29,32,34-36,38-39,41-42,44-46,48-49,51-54H2,1-3H3,(H,65,72)/b11-8+,17-14+,19-16-,23-20-,25-24-,28-27-,31-30-,37-33-,43-40+,50-47+. The van der Waals surface area contributed by atoms with E-state index in [1.54, 1.807) is 6.08 Å². The van der Waals surface area contributed by atoms with Gasteiger partial charge in [-0.1, -0.05) is 239 Å². The topological polar surface area (TPSA) is 175 Å². The van der Waals surface area contributed by atoms with Gasteiger partial charge in [0.25, 0.3) is 0 Å². The number of carbonyl (C=O) groups is 2. The first-order chi connectivity index (χ1) is 36.7. The van der Waals surface area contributed by atoms with Gasteiger partial charge in [-0.25, -0.2) is 0 Å². The minimum Gasteiger partial charge on any atom is -0.454 e. The molecule has 0 spiro atoms. The predicted octanol–water partition coefficient (Wildman–Crippen LogP) is 13.5. The van der Waals surface area contributed by atoms with Crippen LogP contribution in [-0.2, 0) is 23.8 Å². The van der Waals surface area contributed by atoms with Gasteiger partial charge >= 0.3 is 5.97 Å². The Morgan fingerprint density at radius 1 is 0.547 bits per heavy atom. The molecule has 1 heterocycles. The molecule has 75 heavy (non-hydrogen) atoms. The number of nitrogens with one attached hydrogen (secondary N) is 1. The van der Waals surface area contributed by atoms with Crippen LogP contribution in [0.3, 0.4) is 0 Å². The zero-order valence-corrected chi connectivity index (χ0v) is 46.9. The number of esters is 1. The van der Waals surface area contributed by atoms with Gasteiger partial charge in [-0.15, -0.1) is 0 Å². The Kier molecular flexibility index (Phi) is 46.8.